The van der Waals surface area contributed by atoms with Crippen LogP contribution in [-0.4, -0.2) is 47.2 Å². The molecule has 0 atom stereocenters. The van der Waals surface area contributed by atoms with E-state index in [9.17, 15) is 4.79 Å². The summed E-state index contributed by atoms with van der Waals surface area (Å²) in [4.78, 5) is 16.9. The number of hydrogen-bond donors (Lipinski definition) is 1. The number of carbonyl (C=O) groups is 1. The van der Waals surface area contributed by atoms with E-state index in [0.717, 1.165) is 46.7 Å². The van der Waals surface area contributed by atoms with Crippen LogP contribution in [0.2, 0.25) is 0 Å². The van der Waals surface area contributed by atoms with Crippen molar-refractivity contribution in [3.05, 3.63) is 44.8 Å². The van der Waals surface area contributed by atoms with Crippen LogP contribution in [0.5, 0.6) is 0 Å². The Kier molecular flexibility index (Phi) is 4.37. The molecule has 6 heteroatoms. The molecule has 0 radical (unpaired) electrons. The molecule has 5 nitrogen and oxygen atoms in total. The van der Waals surface area contributed by atoms with Crippen molar-refractivity contribution in [3.8, 4) is 0 Å². The predicted molar refractivity (Wildman–Crippen MR) is 95.3 cm³/mol. The number of piperazine rings is 1. The highest BCUT2D eigenvalue weighted by atomic mass is 127. The molecule has 0 bridgehead atoms. The SMILES string of the molecule is Cc1n[nH]c(C)c1N1CCN(C(=O)c2ccccc2I)CC1. The lowest BCUT2D eigenvalue weighted by Gasteiger charge is -2.36. The van der Waals surface area contributed by atoms with Crippen molar-refractivity contribution in [3.63, 3.8) is 0 Å². The number of carbonyl (C=O) groups excluding carboxylic acids is 1. The average Bonchev–Trinajstić information content (AvgIpc) is 2.86. The van der Waals surface area contributed by atoms with Crippen LogP contribution in [0, 0.1) is 17.4 Å². The van der Waals surface area contributed by atoms with Crippen LogP contribution in [0.4, 0.5) is 5.69 Å². The van der Waals surface area contributed by atoms with Crippen LogP contribution in [0.25, 0.3) is 0 Å². The van der Waals surface area contributed by atoms with Crippen LogP contribution in [0.15, 0.2) is 24.3 Å². The van der Waals surface area contributed by atoms with Crippen molar-refractivity contribution in [1.82, 2.24) is 15.1 Å². The van der Waals surface area contributed by atoms with E-state index in [2.05, 4.69) is 37.7 Å². The van der Waals surface area contributed by atoms with Crippen molar-refractivity contribution < 1.29 is 4.79 Å². The monoisotopic (exact) mass is 410 g/mol. The fourth-order valence-corrected chi connectivity index (χ4v) is 3.57. The minimum absolute atomic E-state index is 0.130. The van der Waals surface area contributed by atoms with Gasteiger partial charge in [0.2, 0.25) is 0 Å². The van der Waals surface area contributed by atoms with E-state index in [1.54, 1.807) is 0 Å². The number of rotatable bonds is 2. The van der Waals surface area contributed by atoms with Gasteiger partial charge < -0.3 is 9.80 Å². The summed E-state index contributed by atoms with van der Waals surface area (Å²) in [6.45, 7) is 7.23. The number of hydrogen-bond acceptors (Lipinski definition) is 3. The maximum Gasteiger partial charge on any atom is 0.255 e. The van der Waals surface area contributed by atoms with Crippen molar-refractivity contribution in [2.45, 2.75) is 13.8 Å². The number of aromatic amines is 1. The maximum atomic E-state index is 12.6. The van der Waals surface area contributed by atoms with Crippen LogP contribution >= 0.6 is 22.6 Å². The fourth-order valence-electron chi connectivity index (χ4n) is 2.95. The quantitative estimate of drug-likeness (QED) is 0.775. The summed E-state index contributed by atoms with van der Waals surface area (Å²) in [5.41, 5.74) is 4.10. The molecule has 1 aromatic heterocycles. The fraction of sp³-hybridized carbons (Fsp3) is 0.375. The second-order valence-electron chi connectivity index (χ2n) is 5.54. The molecule has 1 aliphatic heterocycles. The van der Waals surface area contributed by atoms with Gasteiger partial charge in [0.05, 0.1) is 22.6 Å². The first-order valence-corrected chi connectivity index (χ1v) is 8.46. The molecule has 0 saturated carbocycles. The van der Waals surface area contributed by atoms with Gasteiger partial charge in [-0.15, -0.1) is 0 Å². The molecule has 2 heterocycles. The summed E-state index contributed by atoms with van der Waals surface area (Å²) in [6.07, 6.45) is 0. The Balaban J connectivity index is 1.70. The van der Waals surface area contributed by atoms with Gasteiger partial charge in [0.1, 0.15) is 0 Å². The summed E-state index contributed by atoms with van der Waals surface area (Å²) in [7, 11) is 0. The van der Waals surface area contributed by atoms with Crippen molar-refractivity contribution >= 4 is 34.2 Å². The molecule has 1 amide bonds. The van der Waals surface area contributed by atoms with Crippen molar-refractivity contribution in [1.29, 1.82) is 0 Å². The Hall–Kier alpha value is -1.57. The van der Waals surface area contributed by atoms with E-state index in [-0.39, 0.29) is 5.91 Å². The number of anilines is 1. The van der Waals surface area contributed by atoms with Gasteiger partial charge in [-0.3, -0.25) is 9.89 Å². The topological polar surface area (TPSA) is 52.2 Å². The minimum Gasteiger partial charge on any atom is -0.365 e. The molecule has 0 unspecified atom stereocenters. The number of amides is 1. The second kappa shape index (κ2) is 6.28. The zero-order valence-electron chi connectivity index (χ0n) is 12.8. The Morgan fingerprint density at radius 3 is 2.45 bits per heavy atom. The lowest BCUT2D eigenvalue weighted by molar-refractivity contribution is 0.0745. The van der Waals surface area contributed by atoms with Crippen LogP contribution in [0.3, 0.4) is 0 Å². The summed E-state index contributed by atoms with van der Waals surface area (Å²) in [5, 5.41) is 7.28. The molecular weight excluding hydrogens is 391 g/mol. The van der Waals surface area contributed by atoms with Gasteiger partial charge in [-0.25, -0.2) is 0 Å². The first-order valence-electron chi connectivity index (χ1n) is 7.38. The smallest absolute Gasteiger partial charge is 0.255 e. The molecule has 1 fully saturated rings. The minimum atomic E-state index is 0.130. The van der Waals surface area contributed by atoms with Crippen LogP contribution < -0.4 is 4.90 Å². The first-order chi connectivity index (χ1) is 10.6. The van der Waals surface area contributed by atoms with E-state index in [1.807, 2.05) is 43.0 Å². The zero-order chi connectivity index (χ0) is 15.7. The molecule has 116 valence electrons. The molecule has 1 N–H and O–H groups in total. The van der Waals surface area contributed by atoms with Gasteiger partial charge in [-0.05, 0) is 48.6 Å². The number of nitrogens with zero attached hydrogens (tertiary/aromatic N) is 3. The van der Waals surface area contributed by atoms with Gasteiger partial charge >= 0.3 is 0 Å². The summed E-state index contributed by atoms with van der Waals surface area (Å²) in [6, 6.07) is 7.76. The largest absolute Gasteiger partial charge is 0.365 e. The summed E-state index contributed by atoms with van der Waals surface area (Å²) in [5.74, 6) is 0.130. The molecule has 0 spiro atoms. The van der Waals surface area contributed by atoms with Crippen molar-refractivity contribution in [2.24, 2.45) is 0 Å². The molecule has 22 heavy (non-hydrogen) atoms. The van der Waals surface area contributed by atoms with Gasteiger partial charge in [0, 0.05) is 29.7 Å². The molecule has 1 aliphatic rings. The number of benzene rings is 1. The van der Waals surface area contributed by atoms with E-state index in [0.29, 0.717) is 0 Å². The number of halogens is 1. The van der Waals surface area contributed by atoms with Crippen LogP contribution in [0.1, 0.15) is 21.7 Å². The normalized spacial score (nSPS) is 15.2. The molecule has 1 saturated heterocycles. The zero-order valence-corrected chi connectivity index (χ0v) is 14.9. The van der Waals surface area contributed by atoms with Crippen molar-refractivity contribution in [2.75, 3.05) is 31.1 Å². The number of aromatic nitrogens is 2. The van der Waals surface area contributed by atoms with E-state index >= 15 is 0 Å². The molecular formula is C16H19IN4O. The van der Waals surface area contributed by atoms with Gasteiger partial charge in [0.25, 0.3) is 5.91 Å². The molecule has 0 aliphatic carbocycles. The third-order valence-corrected chi connectivity index (χ3v) is 5.02. The number of H-pyrrole nitrogens is 1. The predicted octanol–water partition coefficient (Wildman–Crippen LogP) is 2.59. The van der Waals surface area contributed by atoms with E-state index in [4.69, 9.17) is 0 Å². The van der Waals surface area contributed by atoms with Gasteiger partial charge in [0.15, 0.2) is 0 Å². The van der Waals surface area contributed by atoms with Gasteiger partial charge in [-0.1, -0.05) is 12.1 Å². The Bertz CT molecular complexity index is 670. The second-order valence-corrected chi connectivity index (χ2v) is 6.70. The Morgan fingerprint density at radius 2 is 1.86 bits per heavy atom. The van der Waals surface area contributed by atoms with Gasteiger partial charge in [-0.2, -0.15) is 5.10 Å². The lowest BCUT2D eigenvalue weighted by Crippen LogP contribution is -2.49. The average molecular weight is 410 g/mol. The lowest BCUT2D eigenvalue weighted by atomic mass is 10.1. The highest BCUT2D eigenvalue weighted by Crippen LogP contribution is 2.24. The number of nitrogens with one attached hydrogen (secondary N) is 1. The Labute approximate surface area is 143 Å². The third kappa shape index (κ3) is 2.84. The van der Waals surface area contributed by atoms with E-state index < -0.39 is 0 Å². The first kappa shape index (κ1) is 15.3. The number of aryl methyl sites for hydroxylation is 2. The van der Waals surface area contributed by atoms with E-state index in [1.165, 1.54) is 5.69 Å². The molecule has 3 rings (SSSR count). The van der Waals surface area contributed by atoms with Crippen LogP contribution in [-0.2, 0) is 0 Å². The summed E-state index contributed by atoms with van der Waals surface area (Å²) >= 11 is 2.22. The molecule has 2 aromatic rings. The molecule has 1 aromatic carbocycles. The highest BCUT2D eigenvalue weighted by Gasteiger charge is 2.25. The highest BCUT2D eigenvalue weighted by molar-refractivity contribution is 14.1. The summed E-state index contributed by atoms with van der Waals surface area (Å²) < 4.78 is 1.01. The standard InChI is InChI=1S/C16H19IN4O/c1-11-15(12(2)19-18-11)20-7-9-21(10-8-20)16(22)13-5-3-4-6-14(13)17/h3-6H,7-10H2,1-2H3,(H,18,19). The Morgan fingerprint density at radius 1 is 1.18 bits per heavy atom. The maximum absolute atomic E-state index is 12.6. The third-order valence-electron chi connectivity index (χ3n) is 4.08.